The topological polar surface area (TPSA) is 68.0 Å². The first-order valence-electron chi connectivity index (χ1n) is 6.81. The van der Waals surface area contributed by atoms with Gasteiger partial charge in [-0.05, 0) is 31.1 Å². The molecule has 3 atom stereocenters. The van der Waals surface area contributed by atoms with E-state index in [2.05, 4.69) is 31.1 Å². The van der Waals surface area contributed by atoms with E-state index in [9.17, 15) is 4.79 Å². The van der Waals surface area contributed by atoms with E-state index in [-0.39, 0.29) is 23.3 Å². The molecule has 0 aliphatic heterocycles. The summed E-state index contributed by atoms with van der Waals surface area (Å²) in [5.74, 6) is 0.430. The summed E-state index contributed by atoms with van der Waals surface area (Å²) in [5.41, 5.74) is 6.05. The van der Waals surface area contributed by atoms with E-state index in [0.717, 1.165) is 17.7 Å². The maximum Gasteiger partial charge on any atom is 0.229 e. The average Bonchev–Trinajstić information content (AvgIpc) is 2.71. The van der Waals surface area contributed by atoms with E-state index in [0.29, 0.717) is 11.0 Å². The fraction of sp³-hybridized carbons (Fsp3) is 0.714. The Hall–Kier alpha value is -0.940. The van der Waals surface area contributed by atoms with Gasteiger partial charge in [-0.3, -0.25) is 4.79 Å². The fourth-order valence-corrected chi connectivity index (χ4v) is 3.59. The van der Waals surface area contributed by atoms with Crippen molar-refractivity contribution >= 4 is 22.4 Å². The number of aromatic nitrogens is 1. The van der Waals surface area contributed by atoms with Gasteiger partial charge in [-0.25, -0.2) is 4.98 Å². The van der Waals surface area contributed by atoms with Crippen LogP contribution in [0.15, 0.2) is 6.20 Å². The minimum absolute atomic E-state index is 0.00602. The van der Waals surface area contributed by atoms with Gasteiger partial charge in [0, 0.05) is 23.0 Å². The van der Waals surface area contributed by atoms with Crippen molar-refractivity contribution in [3.63, 3.8) is 0 Å². The highest BCUT2D eigenvalue weighted by Crippen LogP contribution is 2.44. The molecule has 1 saturated carbocycles. The van der Waals surface area contributed by atoms with Gasteiger partial charge in [-0.2, -0.15) is 0 Å². The van der Waals surface area contributed by atoms with Crippen LogP contribution in [-0.2, 0) is 4.79 Å². The van der Waals surface area contributed by atoms with E-state index in [1.54, 1.807) is 6.20 Å². The van der Waals surface area contributed by atoms with Gasteiger partial charge in [0.05, 0.1) is 0 Å². The molecule has 0 spiro atoms. The number of anilines is 1. The van der Waals surface area contributed by atoms with Crippen molar-refractivity contribution in [2.45, 2.75) is 46.6 Å². The summed E-state index contributed by atoms with van der Waals surface area (Å²) in [6.45, 7) is 8.43. The fourth-order valence-electron chi connectivity index (χ4n) is 2.92. The van der Waals surface area contributed by atoms with Crippen LogP contribution in [0.3, 0.4) is 0 Å². The zero-order chi connectivity index (χ0) is 14.2. The summed E-state index contributed by atoms with van der Waals surface area (Å²) in [6, 6.07) is 0.196. The van der Waals surface area contributed by atoms with Crippen molar-refractivity contribution in [2.75, 3.05) is 5.32 Å². The number of hydrogen-bond donors (Lipinski definition) is 2. The number of thiazole rings is 1. The standard InChI is InChI=1S/C14H23N3OS/c1-8-7-16-13(19-8)17-12(18)10-5-6-11(15)9(2)14(10,3)4/h7,9-11H,5-6,15H2,1-4H3,(H,16,17,18). The zero-order valence-corrected chi connectivity index (χ0v) is 12.9. The lowest BCUT2D eigenvalue weighted by Gasteiger charge is -2.45. The zero-order valence-electron chi connectivity index (χ0n) is 12.1. The predicted molar refractivity (Wildman–Crippen MR) is 79.1 cm³/mol. The molecule has 1 heterocycles. The van der Waals surface area contributed by atoms with Crippen LogP contribution in [0, 0.1) is 24.2 Å². The van der Waals surface area contributed by atoms with Crippen LogP contribution in [0.4, 0.5) is 5.13 Å². The first-order chi connectivity index (χ1) is 8.82. The Balaban J connectivity index is 2.10. The van der Waals surface area contributed by atoms with Crippen molar-refractivity contribution in [1.82, 2.24) is 4.98 Å². The van der Waals surface area contributed by atoms with Gasteiger partial charge in [0.1, 0.15) is 0 Å². The molecule has 0 radical (unpaired) electrons. The van der Waals surface area contributed by atoms with Crippen molar-refractivity contribution in [1.29, 1.82) is 0 Å². The monoisotopic (exact) mass is 281 g/mol. The largest absolute Gasteiger partial charge is 0.327 e. The number of amides is 1. The van der Waals surface area contributed by atoms with Crippen LogP contribution in [0.25, 0.3) is 0 Å². The number of nitrogens with two attached hydrogens (primary N) is 1. The Morgan fingerprint density at radius 3 is 2.79 bits per heavy atom. The molecule has 1 amide bonds. The highest BCUT2D eigenvalue weighted by molar-refractivity contribution is 7.15. The number of nitrogens with zero attached hydrogens (tertiary/aromatic N) is 1. The van der Waals surface area contributed by atoms with Gasteiger partial charge in [0.2, 0.25) is 5.91 Å². The number of hydrogen-bond acceptors (Lipinski definition) is 4. The van der Waals surface area contributed by atoms with Gasteiger partial charge < -0.3 is 11.1 Å². The van der Waals surface area contributed by atoms with E-state index >= 15 is 0 Å². The van der Waals surface area contributed by atoms with Crippen LogP contribution in [-0.4, -0.2) is 16.9 Å². The first-order valence-corrected chi connectivity index (χ1v) is 7.63. The highest BCUT2D eigenvalue weighted by Gasteiger charge is 2.45. The molecule has 2 rings (SSSR count). The quantitative estimate of drug-likeness (QED) is 0.876. The minimum atomic E-state index is -0.0753. The average molecular weight is 281 g/mol. The van der Waals surface area contributed by atoms with Crippen molar-refractivity contribution in [3.8, 4) is 0 Å². The molecule has 5 heteroatoms. The van der Waals surface area contributed by atoms with Gasteiger partial charge in [-0.15, -0.1) is 11.3 Å². The van der Waals surface area contributed by atoms with Crippen molar-refractivity contribution in [2.24, 2.45) is 23.0 Å². The summed E-state index contributed by atoms with van der Waals surface area (Å²) in [6.07, 6.45) is 3.55. The molecule has 0 saturated heterocycles. The molecule has 3 N–H and O–H groups in total. The second-order valence-electron chi connectivity index (χ2n) is 6.17. The molecule has 1 fully saturated rings. The molecule has 0 bridgehead atoms. The SMILES string of the molecule is Cc1cnc(NC(=O)C2CCC(N)C(C)C2(C)C)s1. The molecule has 4 nitrogen and oxygen atoms in total. The summed E-state index contributed by atoms with van der Waals surface area (Å²) in [4.78, 5) is 17.8. The normalized spacial score (nSPS) is 30.1. The minimum Gasteiger partial charge on any atom is -0.327 e. The van der Waals surface area contributed by atoms with E-state index < -0.39 is 0 Å². The maximum atomic E-state index is 12.5. The molecule has 19 heavy (non-hydrogen) atoms. The third-order valence-corrected chi connectivity index (χ3v) is 5.50. The van der Waals surface area contributed by atoms with Crippen LogP contribution >= 0.6 is 11.3 Å². The van der Waals surface area contributed by atoms with Crippen LogP contribution < -0.4 is 11.1 Å². The number of aryl methyl sites for hydroxylation is 1. The first kappa shape index (κ1) is 14.5. The molecule has 106 valence electrons. The van der Waals surface area contributed by atoms with Crippen LogP contribution in [0.5, 0.6) is 0 Å². The molecule has 3 unspecified atom stereocenters. The number of carbonyl (C=O) groups excluding carboxylic acids is 1. The molecule has 1 aromatic rings. The molecule has 1 aliphatic rings. The molecule has 1 aliphatic carbocycles. The Bertz CT molecular complexity index is 469. The lowest BCUT2D eigenvalue weighted by Crippen LogP contribution is -2.50. The van der Waals surface area contributed by atoms with Crippen LogP contribution in [0.1, 0.15) is 38.5 Å². The molecular formula is C14H23N3OS. The Labute approximate surface area is 118 Å². The highest BCUT2D eigenvalue weighted by atomic mass is 32.1. The molecule has 0 aromatic carbocycles. The maximum absolute atomic E-state index is 12.5. The second-order valence-corrected chi connectivity index (χ2v) is 7.40. The van der Waals surface area contributed by atoms with Gasteiger partial charge in [0.25, 0.3) is 0 Å². The molecular weight excluding hydrogens is 258 g/mol. The number of nitrogens with one attached hydrogen (secondary N) is 1. The predicted octanol–water partition coefficient (Wildman–Crippen LogP) is 2.79. The Morgan fingerprint density at radius 1 is 1.53 bits per heavy atom. The van der Waals surface area contributed by atoms with Gasteiger partial charge >= 0.3 is 0 Å². The van der Waals surface area contributed by atoms with Gasteiger partial charge in [-0.1, -0.05) is 20.8 Å². The van der Waals surface area contributed by atoms with E-state index in [1.807, 2.05) is 6.92 Å². The lowest BCUT2D eigenvalue weighted by atomic mass is 9.61. The smallest absolute Gasteiger partial charge is 0.229 e. The van der Waals surface area contributed by atoms with Gasteiger partial charge in [0.15, 0.2) is 5.13 Å². The summed E-state index contributed by atoms with van der Waals surface area (Å²) in [7, 11) is 0. The van der Waals surface area contributed by atoms with Crippen molar-refractivity contribution < 1.29 is 4.79 Å². The summed E-state index contributed by atoms with van der Waals surface area (Å²) in [5, 5.41) is 3.65. The third-order valence-electron chi connectivity index (χ3n) is 4.67. The Morgan fingerprint density at radius 2 is 2.21 bits per heavy atom. The van der Waals surface area contributed by atoms with E-state index in [4.69, 9.17) is 5.73 Å². The third kappa shape index (κ3) is 2.82. The lowest BCUT2D eigenvalue weighted by molar-refractivity contribution is -0.127. The summed E-state index contributed by atoms with van der Waals surface area (Å²) < 4.78 is 0. The number of rotatable bonds is 2. The molecule has 1 aromatic heterocycles. The van der Waals surface area contributed by atoms with Crippen LogP contribution in [0.2, 0.25) is 0 Å². The number of carbonyl (C=O) groups is 1. The second kappa shape index (κ2) is 5.21. The summed E-state index contributed by atoms with van der Waals surface area (Å²) >= 11 is 1.51. The van der Waals surface area contributed by atoms with Crippen molar-refractivity contribution in [3.05, 3.63) is 11.1 Å². The van der Waals surface area contributed by atoms with E-state index in [1.165, 1.54) is 11.3 Å². The Kier molecular flexibility index (Phi) is 3.97.